The van der Waals surface area contributed by atoms with Gasteiger partial charge in [0.1, 0.15) is 17.5 Å². The molecule has 0 bridgehead atoms. The lowest BCUT2D eigenvalue weighted by Gasteiger charge is -2.26. The van der Waals surface area contributed by atoms with Gasteiger partial charge in [-0.05, 0) is 54.8 Å². The maximum Gasteiger partial charge on any atom is 0.213 e. The Hall–Kier alpha value is -3.35. The average Bonchev–Trinajstić information content (AvgIpc) is 3.36. The summed E-state index contributed by atoms with van der Waals surface area (Å²) in [7, 11) is 0. The summed E-state index contributed by atoms with van der Waals surface area (Å²) in [6.07, 6.45) is 6.78. The summed E-state index contributed by atoms with van der Waals surface area (Å²) < 4.78 is 26.8. The lowest BCUT2D eigenvalue weighted by Crippen LogP contribution is -2.28. The van der Waals surface area contributed by atoms with Crippen molar-refractivity contribution in [2.45, 2.75) is 18.9 Å². The molecule has 2 aromatic heterocycles. The molecule has 5 nitrogen and oxygen atoms in total. The SMILES string of the molecule is N=C(/C=C\c1ncc(-c2cccc(F)n2)[nH]1)N1CCC[C@@H]1c1cccc(F)c1. The minimum atomic E-state index is -0.552. The van der Waals surface area contributed by atoms with Gasteiger partial charge < -0.3 is 9.88 Å². The number of rotatable bonds is 4. The first-order valence-corrected chi connectivity index (χ1v) is 9.07. The molecule has 0 unspecified atom stereocenters. The standard InChI is InChI=1S/C21H19F2N5/c22-15-5-1-4-14(12-15)18-7-3-11-28(18)20(24)9-10-21-25-13-17(27-21)16-6-2-8-19(23)26-16/h1-2,4-6,8-10,12-13,18,24H,3,7,11H2,(H,25,27)/b10-9-,24-20?/t18-/m1/s1. The molecule has 0 saturated carbocycles. The predicted octanol–water partition coefficient (Wildman–Crippen LogP) is 4.58. The first kappa shape index (κ1) is 18.0. The minimum absolute atomic E-state index is 0.00324. The van der Waals surface area contributed by atoms with E-state index in [-0.39, 0.29) is 11.9 Å². The largest absolute Gasteiger partial charge is 0.350 e. The number of hydrogen-bond donors (Lipinski definition) is 2. The molecule has 1 atom stereocenters. The lowest BCUT2D eigenvalue weighted by atomic mass is 10.0. The number of nitrogens with zero attached hydrogens (tertiary/aromatic N) is 3. The highest BCUT2D eigenvalue weighted by Gasteiger charge is 2.27. The molecular weight excluding hydrogens is 360 g/mol. The number of hydrogen-bond acceptors (Lipinski definition) is 3. The van der Waals surface area contributed by atoms with Crippen molar-refractivity contribution in [2.24, 2.45) is 0 Å². The van der Waals surface area contributed by atoms with Gasteiger partial charge in [0.2, 0.25) is 5.95 Å². The third-order valence-corrected chi connectivity index (χ3v) is 4.78. The van der Waals surface area contributed by atoms with E-state index in [1.165, 1.54) is 18.2 Å². The fourth-order valence-corrected chi connectivity index (χ4v) is 3.48. The Morgan fingerprint density at radius 1 is 1.21 bits per heavy atom. The van der Waals surface area contributed by atoms with E-state index in [2.05, 4.69) is 15.0 Å². The molecule has 28 heavy (non-hydrogen) atoms. The first-order chi connectivity index (χ1) is 13.6. The van der Waals surface area contributed by atoms with Crippen molar-refractivity contribution >= 4 is 11.9 Å². The van der Waals surface area contributed by atoms with Crippen molar-refractivity contribution < 1.29 is 8.78 Å². The Kier molecular flexibility index (Phi) is 4.97. The summed E-state index contributed by atoms with van der Waals surface area (Å²) in [4.78, 5) is 13.1. The van der Waals surface area contributed by atoms with Gasteiger partial charge in [0, 0.05) is 6.54 Å². The van der Waals surface area contributed by atoms with Gasteiger partial charge in [-0.25, -0.2) is 14.4 Å². The van der Waals surface area contributed by atoms with Crippen molar-refractivity contribution in [3.8, 4) is 11.4 Å². The number of halogens is 2. The highest BCUT2D eigenvalue weighted by atomic mass is 19.1. The van der Waals surface area contributed by atoms with Crippen LogP contribution in [0.15, 0.2) is 54.7 Å². The van der Waals surface area contributed by atoms with Crippen molar-refractivity contribution in [3.05, 3.63) is 77.9 Å². The zero-order valence-corrected chi connectivity index (χ0v) is 15.1. The van der Waals surface area contributed by atoms with Gasteiger partial charge >= 0.3 is 0 Å². The fraction of sp³-hybridized carbons (Fsp3) is 0.190. The van der Waals surface area contributed by atoms with E-state index >= 15 is 0 Å². The normalized spacial score (nSPS) is 16.8. The highest BCUT2D eigenvalue weighted by Crippen LogP contribution is 2.32. The van der Waals surface area contributed by atoms with Crippen LogP contribution in [0.2, 0.25) is 0 Å². The molecule has 1 aliphatic heterocycles. The van der Waals surface area contributed by atoms with Gasteiger partial charge in [0.05, 0.1) is 23.6 Å². The average molecular weight is 379 g/mol. The maximum atomic E-state index is 13.6. The van der Waals surface area contributed by atoms with Crippen LogP contribution in [0, 0.1) is 17.2 Å². The Balaban J connectivity index is 1.48. The van der Waals surface area contributed by atoms with Crippen LogP contribution < -0.4 is 0 Å². The van der Waals surface area contributed by atoms with Gasteiger partial charge in [-0.2, -0.15) is 4.39 Å². The number of likely N-dealkylation sites (tertiary alicyclic amines) is 1. The molecule has 0 amide bonds. The predicted molar refractivity (Wildman–Crippen MR) is 104 cm³/mol. The summed E-state index contributed by atoms with van der Waals surface area (Å²) >= 11 is 0. The molecule has 4 rings (SSSR count). The Labute approximate surface area is 161 Å². The molecule has 3 heterocycles. The molecule has 1 saturated heterocycles. The monoisotopic (exact) mass is 379 g/mol. The van der Waals surface area contributed by atoms with E-state index in [1.54, 1.807) is 36.5 Å². The van der Waals surface area contributed by atoms with Crippen molar-refractivity contribution in [1.29, 1.82) is 5.41 Å². The second-order valence-electron chi connectivity index (χ2n) is 6.65. The third kappa shape index (κ3) is 3.83. The molecule has 1 aromatic carbocycles. The first-order valence-electron chi connectivity index (χ1n) is 9.07. The summed E-state index contributed by atoms with van der Waals surface area (Å²) in [5, 5.41) is 8.41. The molecule has 1 fully saturated rings. The number of amidine groups is 1. The van der Waals surface area contributed by atoms with Gasteiger partial charge in [0.15, 0.2) is 0 Å². The van der Waals surface area contributed by atoms with E-state index in [0.717, 1.165) is 24.9 Å². The summed E-state index contributed by atoms with van der Waals surface area (Å²) in [6, 6.07) is 11.1. The van der Waals surface area contributed by atoms with Crippen LogP contribution in [0.1, 0.15) is 30.3 Å². The van der Waals surface area contributed by atoms with Gasteiger partial charge in [0.25, 0.3) is 0 Å². The zero-order chi connectivity index (χ0) is 19.5. The third-order valence-electron chi connectivity index (χ3n) is 4.78. The number of aromatic amines is 1. The topological polar surface area (TPSA) is 68.7 Å². The number of H-pyrrole nitrogens is 1. The second-order valence-corrected chi connectivity index (χ2v) is 6.65. The van der Waals surface area contributed by atoms with E-state index in [1.807, 2.05) is 11.0 Å². The van der Waals surface area contributed by atoms with E-state index in [0.29, 0.717) is 23.0 Å². The van der Waals surface area contributed by atoms with E-state index in [4.69, 9.17) is 5.41 Å². The molecule has 3 aromatic rings. The van der Waals surface area contributed by atoms with E-state index < -0.39 is 5.95 Å². The Bertz CT molecular complexity index is 1030. The number of imidazole rings is 1. The quantitative estimate of drug-likeness (QED) is 0.396. The van der Waals surface area contributed by atoms with Crippen molar-refractivity contribution in [1.82, 2.24) is 19.9 Å². The van der Waals surface area contributed by atoms with E-state index in [9.17, 15) is 8.78 Å². The molecule has 142 valence electrons. The Morgan fingerprint density at radius 3 is 2.89 bits per heavy atom. The molecule has 1 aliphatic rings. The van der Waals surface area contributed by atoms with Crippen LogP contribution in [0.3, 0.4) is 0 Å². The molecule has 7 heteroatoms. The van der Waals surface area contributed by atoms with Crippen molar-refractivity contribution in [3.63, 3.8) is 0 Å². The maximum absolute atomic E-state index is 13.6. The molecular formula is C21H19F2N5. The van der Waals surface area contributed by atoms with Crippen LogP contribution in [-0.2, 0) is 0 Å². The molecule has 2 N–H and O–H groups in total. The summed E-state index contributed by atoms with van der Waals surface area (Å²) in [6.45, 7) is 0.751. The Morgan fingerprint density at radius 2 is 2.07 bits per heavy atom. The van der Waals surface area contributed by atoms with Gasteiger partial charge in [-0.15, -0.1) is 0 Å². The van der Waals surface area contributed by atoms with Crippen LogP contribution in [0.25, 0.3) is 17.5 Å². The molecule has 0 aliphatic carbocycles. The fourth-order valence-electron chi connectivity index (χ4n) is 3.48. The van der Waals surface area contributed by atoms with Crippen molar-refractivity contribution in [2.75, 3.05) is 6.54 Å². The molecule has 0 spiro atoms. The van der Waals surface area contributed by atoms with Crippen LogP contribution in [0.5, 0.6) is 0 Å². The summed E-state index contributed by atoms with van der Waals surface area (Å²) in [5.41, 5.74) is 1.95. The van der Waals surface area contributed by atoms with Crippen LogP contribution in [-0.4, -0.2) is 32.2 Å². The van der Waals surface area contributed by atoms with Gasteiger partial charge in [-0.3, -0.25) is 5.41 Å². The lowest BCUT2D eigenvalue weighted by molar-refractivity contribution is 0.399. The minimum Gasteiger partial charge on any atom is -0.350 e. The number of pyridine rings is 1. The number of nitrogens with one attached hydrogen (secondary N) is 2. The van der Waals surface area contributed by atoms with Gasteiger partial charge in [-0.1, -0.05) is 18.2 Å². The van der Waals surface area contributed by atoms with Crippen LogP contribution in [0.4, 0.5) is 8.78 Å². The number of aromatic nitrogens is 3. The second kappa shape index (κ2) is 7.72. The number of benzene rings is 1. The molecule has 0 radical (unpaired) electrons. The van der Waals surface area contributed by atoms with Crippen LogP contribution >= 0.6 is 0 Å². The smallest absolute Gasteiger partial charge is 0.213 e. The highest BCUT2D eigenvalue weighted by molar-refractivity contribution is 5.94. The summed E-state index contributed by atoms with van der Waals surface area (Å²) in [5.74, 6) is 0.0739. The zero-order valence-electron chi connectivity index (χ0n) is 15.1.